The van der Waals surface area contributed by atoms with Crippen LogP contribution in [0.15, 0.2) is 51.8 Å². The minimum Gasteiger partial charge on any atom is -0.496 e. The van der Waals surface area contributed by atoms with Crippen molar-refractivity contribution in [2.75, 3.05) is 18.5 Å². The average molecular weight is 374 g/mol. The topological polar surface area (TPSA) is 46.6 Å². The van der Waals surface area contributed by atoms with Crippen molar-refractivity contribution < 1.29 is 17.5 Å². The Balaban J connectivity index is 2.41. The van der Waals surface area contributed by atoms with Gasteiger partial charge in [0.25, 0.3) is 10.0 Å². The van der Waals surface area contributed by atoms with Crippen molar-refractivity contribution in [3.63, 3.8) is 0 Å². The van der Waals surface area contributed by atoms with Crippen LogP contribution in [0.5, 0.6) is 5.75 Å². The van der Waals surface area contributed by atoms with E-state index in [2.05, 4.69) is 15.9 Å². The third kappa shape index (κ3) is 3.19. The van der Waals surface area contributed by atoms with Crippen molar-refractivity contribution in [3.8, 4) is 5.75 Å². The summed E-state index contributed by atoms with van der Waals surface area (Å²) in [5.74, 6) is 0.120. The van der Waals surface area contributed by atoms with Gasteiger partial charge in [-0.1, -0.05) is 0 Å². The van der Waals surface area contributed by atoms with E-state index in [9.17, 15) is 12.8 Å². The lowest BCUT2D eigenvalue weighted by Gasteiger charge is -2.20. The van der Waals surface area contributed by atoms with Crippen LogP contribution < -0.4 is 9.04 Å². The minimum atomic E-state index is -3.73. The highest BCUT2D eigenvalue weighted by Crippen LogP contribution is 2.30. The lowest BCUT2D eigenvalue weighted by Crippen LogP contribution is -2.26. The highest BCUT2D eigenvalue weighted by Gasteiger charge is 2.22. The first kappa shape index (κ1) is 15.8. The maximum atomic E-state index is 12.9. The van der Waals surface area contributed by atoms with Gasteiger partial charge >= 0.3 is 0 Å². The number of rotatable bonds is 4. The summed E-state index contributed by atoms with van der Waals surface area (Å²) in [6, 6.07) is 9.73. The summed E-state index contributed by atoms with van der Waals surface area (Å²) >= 11 is 3.26. The minimum absolute atomic E-state index is 0.113. The molecule has 0 bridgehead atoms. The van der Waals surface area contributed by atoms with Crippen LogP contribution in [0.2, 0.25) is 0 Å². The lowest BCUT2D eigenvalue weighted by atomic mass is 10.3. The Morgan fingerprint density at radius 1 is 1.14 bits per heavy atom. The summed E-state index contributed by atoms with van der Waals surface area (Å²) in [4.78, 5) is 0.113. The molecular formula is C14H13BrFNO3S. The first-order valence-corrected chi connectivity index (χ1v) is 8.17. The zero-order valence-corrected chi connectivity index (χ0v) is 13.8. The summed E-state index contributed by atoms with van der Waals surface area (Å²) in [6.07, 6.45) is 0. The van der Waals surface area contributed by atoms with Crippen LogP contribution in [-0.4, -0.2) is 22.6 Å². The van der Waals surface area contributed by atoms with E-state index in [-0.39, 0.29) is 4.90 Å². The first-order valence-electron chi connectivity index (χ1n) is 5.94. The SMILES string of the molecule is COc1ccc(S(=O)(=O)N(C)c2ccc(F)cc2)cc1Br. The largest absolute Gasteiger partial charge is 0.496 e. The van der Waals surface area contributed by atoms with E-state index in [1.165, 1.54) is 50.6 Å². The molecule has 4 nitrogen and oxygen atoms in total. The van der Waals surface area contributed by atoms with Gasteiger partial charge in [0.15, 0.2) is 0 Å². The Labute approximate surface area is 131 Å². The van der Waals surface area contributed by atoms with Crippen LogP contribution in [0.1, 0.15) is 0 Å². The Bertz CT molecular complexity index is 747. The average Bonchev–Trinajstić information content (AvgIpc) is 2.47. The van der Waals surface area contributed by atoms with Crippen molar-refractivity contribution in [3.05, 3.63) is 52.8 Å². The normalized spacial score (nSPS) is 11.2. The molecular weight excluding hydrogens is 361 g/mol. The number of methoxy groups -OCH3 is 1. The number of sulfonamides is 1. The number of hydrogen-bond donors (Lipinski definition) is 0. The molecule has 0 aliphatic rings. The van der Waals surface area contributed by atoms with E-state index in [1.807, 2.05) is 0 Å². The van der Waals surface area contributed by atoms with Crippen molar-refractivity contribution in [2.45, 2.75) is 4.90 Å². The van der Waals surface area contributed by atoms with Crippen molar-refractivity contribution in [1.82, 2.24) is 0 Å². The van der Waals surface area contributed by atoms with Gasteiger partial charge in [-0.15, -0.1) is 0 Å². The van der Waals surface area contributed by atoms with E-state index in [0.717, 1.165) is 4.31 Å². The molecule has 0 saturated heterocycles. The number of benzene rings is 2. The highest BCUT2D eigenvalue weighted by molar-refractivity contribution is 9.10. The standard InChI is InChI=1S/C14H13BrFNO3S/c1-17(11-5-3-10(16)4-6-11)21(18,19)12-7-8-14(20-2)13(15)9-12/h3-9H,1-2H3. The Morgan fingerprint density at radius 2 is 1.76 bits per heavy atom. The Kier molecular flexibility index (Phi) is 4.53. The molecule has 0 atom stereocenters. The number of anilines is 1. The van der Waals surface area contributed by atoms with E-state index in [4.69, 9.17) is 4.74 Å². The van der Waals surface area contributed by atoms with Crippen molar-refractivity contribution in [2.24, 2.45) is 0 Å². The first-order chi connectivity index (χ1) is 9.86. The Hall–Kier alpha value is -1.60. The van der Waals surface area contributed by atoms with Gasteiger partial charge in [-0.2, -0.15) is 0 Å². The van der Waals surface area contributed by atoms with Gasteiger partial charge in [-0.05, 0) is 58.4 Å². The smallest absolute Gasteiger partial charge is 0.264 e. The van der Waals surface area contributed by atoms with Crippen LogP contribution in [0, 0.1) is 5.82 Å². The molecule has 0 saturated carbocycles. The quantitative estimate of drug-likeness (QED) is 0.824. The predicted molar refractivity (Wildman–Crippen MR) is 82.7 cm³/mol. The van der Waals surface area contributed by atoms with Gasteiger partial charge in [-0.3, -0.25) is 4.31 Å². The van der Waals surface area contributed by atoms with Gasteiger partial charge in [0, 0.05) is 7.05 Å². The highest BCUT2D eigenvalue weighted by atomic mass is 79.9. The molecule has 0 aliphatic heterocycles. The van der Waals surface area contributed by atoms with Crippen LogP contribution in [-0.2, 0) is 10.0 Å². The summed E-state index contributed by atoms with van der Waals surface area (Å²) in [7, 11) is -0.811. The fraction of sp³-hybridized carbons (Fsp3) is 0.143. The Morgan fingerprint density at radius 3 is 2.29 bits per heavy atom. The van der Waals surface area contributed by atoms with Gasteiger partial charge < -0.3 is 4.74 Å². The van der Waals surface area contributed by atoms with Crippen LogP contribution >= 0.6 is 15.9 Å². The molecule has 0 amide bonds. The molecule has 0 unspecified atom stereocenters. The molecule has 0 N–H and O–H groups in total. The van der Waals surface area contributed by atoms with Gasteiger partial charge in [0.1, 0.15) is 11.6 Å². The molecule has 0 radical (unpaired) electrons. The molecule has 0 heterocycles. The molecule has 112 valence electrons. The zero-order valence-electron chi connectivity index (χ0n) is 11.4. The van der Waals surface area contributed by atoms with Crippen LogP contribution in [0.3, 0.4) is 0 Å². The molecule has 0 aliphatic carbocycles. The van der Waals surface area contributed by atoms with E-state index in [0.29, 0.717) is 15.9 Å². The van der Waals surface area contributed by atoms with E-state index < -0.39 is 15.8 Å². The van der Waals surface area contributed by atoms with Gasteiger partial charge in [-0.25, -0.2) is 12.8 Å². The summed E-state index contributed by atoms with van der Waals surface area (Å²) in [5.41, 5.74) is 0.378. The fourth-order valence-corrected chi connectivity index (χ4v) is 3.67. The number of nitrogens with zero attached hydrogens (tertiary/aromatic N) is 1. The summed E-state index contributed by atoms with van der Waals surface area (Å²) in [5, 5.41) is 0. The monoisotopic (exact) mass is 373 g/mol. The third-order valence-corrected chi connectivity index (χ3v) is 5.37. The molecule has 2 aromatic rings. The number of ether oxygens (including phenoxy) is 1. The molecule has 0 aromatic heterocycles. The van der Waals surface area contributed by atoms with Gasteiger partial charge in [0.2, 0.25) is 0 Å². The number of hydrogen-bond acceptors (Lipinski definition) is 3. The zero-order chi connectivity index (χ0) is 15.6. The molecule has 2 aromatic carbocycles. The molecule has 21 heavy (non-hydrogen) atoms. The summed E-state index contributed by atoms with van der Waals surface area (Å²) in [6.45, 7) is 0. The van der Waals surface area contributed by atoms with Crippen molar-refractivity contribution in [1.29, 1.82) is 0 Å². The number of halogens is 2. The van der Waals surface area contributed by atoms with E-state index >= 15 is 0 Å². The maximum Gasteiger partial charge on any atom is 0.264 e. The van der Waals surface area contributed by atoms with Crippen LogP contribution in [0.25, 0.3) is 0 Å². The summed E-state index contributed by atoms with van der Waals surface area (Å²) < 4.78 is 44.7. The third-order valence-electron chi connectivity index (χ3n) is 2.97. The second-order valence-electron chi connectivity index (χ2n) is 4.25. The molecule has 0 fully saturated rings. The van der Waals surface area contributed by atoms with Crippen LogP contribution in [0.4, 0.5) is 10.1 Å². The second-order valence-corrected chi connectivity index (χ2v) is 7.07. The maximum absolute atomic E-state index is 12.9. The molecule has 0 spiro atoms. The molecule has 2 rings (SSSR count). The lowest BCUT2D eigenvalue weighted by molar-refractivity contribution is 0.411. The van der Waals surface area contributed by atoms with E-state index in [1.54, 1.807) is 6.07 Å². The fourth-order valence-electron chi connectivity index (χ4n) is 1.76. The van der Waals surface area contributed by atoms with Gasteiger partial charge in [0.05, 0.1) is 22.2 Å². The van der Waals surface area contributed by atoms with Crippen molar-refractivity contribution >= 4 is 31.6 Å². The molecule has 7 heteroatoms. The second kappa shape index (κ2) is 6.03. The predicted octanol–water partition coefficient (Wildman–Crippen LogP) is 3.42.